The summed E-state index contributed by atoms with van der Waals surface area (Å²) in [4.78, 5) is 14.4. The van der Waals surface area contributed by atoms with Gasteiger partial charge in [0.1, 0.15) is 5.92 Å². The first kappa shape index (κ1) is 10.3. The molecule has 4 nitrogen and oxygen atoms in total. The highest BCUT2D eigenvalue weighted by atomic mass is 16.1. The van der Waals surface area contributed by atoms with Gasteiger partial charge in [-0.1, -0.05) is 13.8 Å². The highest BCUT2D eigenvalue weighted by Crippen LogP contribution is 2.13. The highest BCUT2D eigenvalue weighted by Gasteiger charge is 2.21. The van der Waals surface area contributed by atoms with Crippen LogP contribution in [0.5, 0.6) is 0 Å². The fourth-order valence-electron chi connectivity index (χ4n) is 1.13. The van der Waals surface area contributed by atoms with Crippen LogP contribution in [0.1, 0.15) is 13.8 Å². The lowest BCUT2D eigenvalue weighted by atomic mass is 9.97. The van der Waals surface area contributed by atoms with Gasteiger partial charge in [-0.25, -0.2) is 0 Å². The van der Waals surface area contributed by atoms with E-state index in [-0.39, 0.29) is 11.8 Å². The third-order valence-electron chi connectivity index (χ3n) is 1.95. The SMILES string of the molecule is CC(C)C(C#N)C(=O)Nc1cc[nH]c1. The summed E-state index contributed by atoms with van der Waals surface area (Å²) in [5, 5.41) is 11.4. The summed E-state index contributed by atoms with van der Waals surface area (Å²) < 4.78 is 0. The number of anilines is 1. The van der Waals surface area contributed by atoms with Crippen molar-refractivity contribution in [1.29, 1.82) is 5.26 Å². The van der Waals surface area contributed by atoms with Gasteiger partial charge < -0.3 is 10.3 Å². The van der Waals surface area contributed by atoms with Crippen LogP contribution in [0, 0.1) is 23.2 Å². The molecule has 0 bridgehead atoms. The smallest absolute Gasteiger partial charge is 0.242 e. The van der Waals surface area contributed by atoms with Gasteiger partial charge in [0.2, 0.25) is 5.91 Å². The summed E-state index contributed by atoms with van der Waals surface area (Å²) in [6, 6.07) is 3.73. The summed E-state index contributed by atoms with van der Waals surface area (Å²) in [6.45, 7) is 3.70. The zero-order valence-corrected chi connectivity index (χ0v) is 8.24. The molecule has 0 fully saturated rings. The summed E-state index contributed by atoms with van der Waals surface area (Å²) in [5.41, 5.74) is 0.691. The van der Waals surface area contributed by atoms with Crippen molar-refractivity contribution in [2.45, 2.75) is 13.8 Å². The normalized spacial score (nSPS) is 12.1. The van der Waals surface area contributed by atoms with Gasteiger partial charge in [0.15, 0.2) is 0 Å². The van der Waals surface area contributed by atoms with Crippen LogP contribution in [-0.2, 0) is 4.79 Å². The van der Waals surface area contributed by atoms with Gasteiger partial charge in [-0.15, -0.1) is 0 Å². The van der Waals surface area contributed by atoms with Crippen LogP contribution in [-0.4, -0.2) is 10.9 Å². The molecular weight excluding hydrogens is 178 g/mol. The zero-order chi connectivity index (χ0) is 10.6. The van der Waals surface area contributed by atoms with Gasteiger partial charge in [0, 0.05) is 12.4 Å². The Hall–Kier alpha value is -1.76. The average Bonchev–Trinajstić information content (AvgIpc) is 2.57. The minimum Gasteiger partial charge on any atom is -0.366 e. The number of carbonyl (C=O) groups is 1. The fraction of sp³-hybridized carbons (Fsp3) is 0.400. The Morgan fingerprint density at radius 1 is 1.64 bits per heavy atom. The van der Waals surface area contributed by atoms with Crippen LogP contribution in [0.15, 0.2) is 18.5 Å². The topological polar surface area (TPSA) is 68.7 Å². The predicted molar refractivity (Wildman–Crippen MR) is 53.4 cm³/mol. The molecule has 0 spiro atoms. The van der Waals surface area contributed by atoms with Crippen molar-refractivity contribution in [3.63, 3.8) is 0 Å². The third kappa shape index (κ3) is 2.36. The van der Waals surface area contributed by atoms with Crippen LogP contribution in [0.3, 0.4) is 0 Å². The lowest BCUT2D eigenvalue weighted by Crippen LogP contribution is -2.25. The number of carbonyl (C=O) groups excluding carboxylic acids is 1. The maximum atomic E-state index is 11.5. The minimum atomic E-state index is -0.593. The number of hydrogen-bond acceptors (Lipinski definition) is 2. The van der Waals surface area contributed by atoms with Crippen LogP contribution >= 0.6 is 0 Å². The minimum absolute atomic E-state index is 0.0268. The number of hydrogen-bond donors (Lipinski definition) is 2. The molecule has 1 atom stereocenters. The first-order chi connectivity index (χ1) is 6.65. The molecule has 0 aliphatic heterocycles. The molecule has 0 aliphatic rings. The van der Waals surface area contributed by atoms with Crippen LogP contribution in [0.25, 0.3) is 0 Å². The second-order valence-electron chi connectivity index (χ2n) is 3.44. The standard InChI is InChI=1S/C10H13N3O/c1-7(2)9(5-11)10(14)13-8-3-4-12-6-8/h3-4,6-7,9,12H,1-2H3,(H,13,14). The quantitative estimate of drug-likeness (QED) is 0.764. The van der Waals surface area contributed by atoms with E-state index in [2.05, 4.69) is 10.3 Å². The molecular formula is C10H13N3O. The Labute approximate surface area is 82.9 Å². The average molecular weight is 191 g/mol. The van der Waals surface area contributed by atoms with Gasteiger partial charge in [0.25, 0.3) is 0 Å². The maximum Gasteiger partial charge on any atom is 0.242 e. The Morgan fingerprint density at radius 3 is 2.79 bits per heavy atom. The van der Waals surface area contributed by atoms with E-state index in [1.807, 2.05) is 19.9 Å². The molecule has 1 unspecified atom stereocenters. The molecule has 1 amide bonds. The number of nitrogens with zero attached hydrogens (tertiary/aromatic N) is 1. The largest absolute Gasteiger partial charge is 0.366 e. The Morgan fingerprint density at radius 2 is 2.36 bits per heavy atom. The summed E-state index contributed by atoms with van der Waals surface area (Å²) in [5.74, 6) is -0.814. The summed E-state index contributed by atoms with van der Waals surface area (Å²) in [7, 11) is 0. The lowest BCUT2D eigenvalue weighted by Gasteiger charge is -2.11. The van der Waals surface area contributed by atoms with E-state index in [0.29, 0.717) is 5.69 Å². The molecule has 1 aromatic rings. The molecule has 1 aromatic heterocycles. The molecule has 74 valence electrons. The van der Waals surface area contributed by atoms with Crippen molar-refractivity contribution in [3.05, 3.63) is 18.5 Å². The van der Waals surface area contributed by atoms with Crippen molar-refractivity contribution in [3.8, 4) is 6.07 Å². The first-order valence-corrected chi connectivity index (χ1v) is 4.48. The molecule has 1 heterocycles. The van der Waals surface area contributed by atoms with Gasteiger partial charge in [-0.2, -0.15) is 5.26 Å². The maximum absolute atomic E-state index is 11.5. The summed E-state index contributed by atoms with van der Waals surface area (Å²) in [6.07, 6.45) is 3.39. The van der Waals surface area contributed by atoms with E-state index in [1.165, 1.54) is 0 Å². The predicted octanol–water partition coefficient (Wildman–Crippen LogP) is 1.75. The molecule has 0 saturated heterocycles. The van der Waals surface area contributed by atoms with Crippen LogP contribution in [0.4, 0.5) is 5.69 Å². The van der Waals surface area contributed by atoms with Gasteiger partial charge in [0.05, 0.1) is 11.8 Å². The number of nitrogens with one attached hydrogen (secondary N) is 2. The van der Waals surface area contributed by atoms with Gasteiger partial charge in [-0.3, -0.25) is 4.79 Å². The Kier molecular flexibility index (Phi) is 3.29. The van der Waals surface area contributed by atoms with Crippen molar-refractivity contribution < 1.29 is 4.79 Å². The van der Waals surface area contributed by atoms with E-state index in [0.717, 1.165) is 0 Å². The second kappa shape index (κ2) is 4.47. The number of rotatable bonds is 3. The molecule has 1 rings (SSSR count). The molecule has 14 heavy (non-hydrogen) atoms. The number of aromatic nitrogens is 1. The second-order valence-corrected chi connectivity index (χ2v) is 3.44. The highest BCUT2D eigenvalue weighted by molar-refractivity contribution is 5.94. The molecule has 0 aliphatic carbocycles. The van der Waals surface area contributed by atoms with E-state index >= 15 is 0 Å². The van der Waals surface area contributed by atoms with Gasteiger partial charge >= 0.3 is 0 Å². The fourth-order valence-corrected chi connectivity index (χ4v) is 1.13. The van der Waals surface area contributed by atoms with Crippen molar-refractivity contribution in [2.24, 2.45) is 11.8 Å². The first-order valence-electron chi connectivity index (χ1n) is 4.48. The van der Waals surface area contributed by atoms with E-state index in [1.54, 1.807) is 18.5 Å². The van der Waals surface area contributed by atoms with E-state index in [9.17, 15) is 4.79 Å². The van der Waals surface area contributed by atoms with E-state index in [4.69, 9.17) is 5.26 Å². The molecule has 0 aromatic carbocycles. The van der Waals surface area contributed by atoms with Crippen LogP contribution < -0.4 is 5.32 Å². The number of aromatic amines is 1. The van der Waals surface area contributed by atoms with Crippen LogP contribution in [0.2, 0.25) is 0 Å². The van der Waals surface area contributed by atoms with Crippen molar-refractivity contribution >= 4 is 11.6 Å². The van der Waals surface area contributed by atoms with Crippen molar-refractivity contribution in [2.75, 3.05) is 5.32 Å². The zero-order valence-electron chi connectivity index (χ0n) is 8.24. The molecule has 0 saturated carbocycles. The third-order valence-corrected chi connectivity index (χ3v) is 1.95. The number of H-pyrrole nitrogens is 1. The monoisotopic (exact) mass is 191 g/mol. The number of nitriles is 1. The Bertz CT molecular complexity index is 335. The molecule has 2 N–H and O–H groups in total. The molecule has 4 heteroatoms. The van der Waals surface area contributed by atoms with Gasteiger partial charge in [-0.05, 0) is 12.0 Å². The van der Waals surface area contributed by atoms with E-state index < -0.39 is 5.92 Å². The lowest BCUT2D eigenvalue weighted by molar-refractivity contribution is -0.119. The number of amides is 1. The molecule has 0 radical (unpaired) electrons. The summed E-state index contributed by atoms with van der Waals surface area (Å²) >= 11 is 0. The van der Waals surface area contributed by atoms with Crippen molar-refractivity contribution in [1.82, 2.24) is 4.98 Å². The Balaban J connectivity index is 2.62.